The molecule has 2 aliphatic heterocycles. The molecule has 0 saturated carbocycles. The Morgan fingerprint density at radius 2 is 2.25 bits per heavy atom. The van der Waals surface area contributed by atoms with Crippen molar-refractivity contribution >= 4 is 28.5 Å². The first kappa shape index (κ1) is 22.4. The molecule has 11 heteroatoms. The van der Waals surface area contributed by atoms with E-state index in [-0.39, 0.29) is 23.6 Å². The van der Waals surface area contributed by atoms with Gasteiger partial charge in [-0.15, -0.1) is 0 Å². The summed E-state index contributed by atoms with van der Waals surface area (Å²) in [6.45, 7) is 1.43. The number of anilines is 1. The quantitative estimate of drug-likeness (QED) is 0.676. The molecule has 170 valence electrons. The van der Waals surface area contributed by atoms with Gasteiger partial charge in [-0.25, -0.2) is 18.7 Å². The van der Waals surface area contributed by atoms with Gasteiger partial charge in [0.25, 0.3) is 5.91 Å². The minimum absolute atomic E-state index is 0.00608. The third-order valence-corrected chi connectivity index (χ3v) is 6.65. The van der Waals surface area contributed by atoms with Crippen molar-refractivity contribution in [3.8, 4) is 5.88 Å². The van der Waals surface area contributed by atoms with E-state index in [0.29, 0.717) is 35.2 Å². The number of hydrogen-bond donors (Lipinski definition) is 2. The standard InChI is InChI=1S/C21H23F2N5O3S/c1-2-14-6-21(12(9-30-14)10-32-20(24)28-21)15-5-13(3-4-16(15)23)27-19(29)17-7-26-18(8-25-17)31-11-22/h3-5,7-8,12,14H,2,6,9-11H2,1H3,(H2,24,28)(H,27,29)/t12-,14-,21-/m0/s1. The summed E-state index contributed by atoms with van der Waals surface area (Å²) in [7, 11) is 0. The first-order chi connectivity index (χ1) is 15.4. The maximum atomic E-state index is 15.1. The number of nitrogens with two attached hydrogens (primary N) is 1. The van der Waals surface area contributed by atoms with Gasteiger partial charge >= 0.3 is 0 Å². The van der Waals surface area contributed by atoms with E-state index < -0.39 is 24.1 Å². The zero-order valence-electron chi connectivity index (χ0n) is 17.4. The van der Waals surface area contributed by atoms with Crippen molar-refractivity contribution in [3.05, 3.63) is 47.7 Å². The minimum atomic E-state index is -1.04. The Hall–Kier alpha value is -2.79. The number of ether oxygens (including phenoxy) is 2. The monoisotopic (exact) mass is 463 g/mol. The Morgan fingerprint density at radius 1 is 1.41 bits per heavy atom. The molecule has 0 radical (unpaired) electrons. The smallest absolute Gasteiger partial charge is 0.275 e. The molecule has 1 aromatic carbocycles. The molecule has 3 atom stereocenters. The van der Waals surface area contributed by atoms with Crippen LogP contribution in [0.2, 0.25) is 0 Å². The van der Waals surface area contributed by atoms with Crippen LogP contribution in [0, 0.1) is 11.7 Å². The van der Waals surface area contributed by atoms with Gasteiger partial charge in [0.15, 0.2) is 5.17 Å². The number of fused-ring (bicyclic) bond motifs is 1. The van der Waals surface area contributed by atoms with Gasteiger partial charge in [0.1, 0.15) is 11.5 Å². The van der Waals surface area contributed by atoms with Crippen LogP contribution in [0.15, 0.2) is 35.6 Å². The number of aromatic nitrogens is 2. The van der Waals surface area contributed by atoms with Gasteiger partial charge in [0.05, 0.1) is 30.6 Å². The molecule has 2 aromatic rings. The molecule has 3 heterocycles. The molecular weight excluding hydrogens is 440 g/mol. The van der Waals surface area contributed by atoms with Crippen LogP contribution in [0.25, 0.3) is 0 Å². The number of carbonyl (C=O) groups excluding carboxylic acids is 1. The normalized spacial score (nSPS) is 24.9. The van der Waals surface area contributed by atoms with Crippen molar-refractivity contribution in [3.63, 3.8) is 0 Å². The largest absolute Gasteiger partial charge is 0.445 e. The number of thioether (sulfide) groups is 1. The van der Waals surface area contributed by atoms with Gasteiger partial charge in [-0.2, -0.15) is 0 Å². The molecule has 0 spiro atoms. The van der Waals surface area contributed by atoms with E-state index in [1.165, 1.54) is 30.1 Å². The van der Waals surface area contributed by atoms with E-state index in [1.807, 2.05) is 6.92 Å². The van der Waals surface area contributed by atoms with E-state index >= 15 is 4.39 Å². The maximum absolute atomic E-state index is 15.1. The van der Waals surface area contributed by atoms with Crippen molar-refractivity contribution in [2.75, 3.05) is 24.5 Å². The number of benzene rings is 1. The van der Waals surface area contributed by atoms with Gasteiger partial charge in [0.2, 0.25) is 12.7 Å². The number of nitrogens with one attached hydrogen (secondary N) is 1. The third-order valence-electron chi connectivity index (χ3n) is 5.70. The van der Waals surface area contributed by atoms with E-state index in [0.717, 1.165) is 12.6 Å². The van der Waals surface area contributed by atoms with Crippen LogP contribution in [0.4, 0.5) is 14.5 Å². The topological polar surface area (TPSA) is 112 Å². The molecule has 0 aliphatic carbocycles. The molecule has 2 aliphatic rings. The predicted molar refractivity (Wildman–Crippen MR) is 117 cm³/mol. The summed E-state index contributed by atoms with van der Waals surface area (Å²) in [6, 6.07) is 4.38. The lowest BCUT2D eigenvalue weighted by molar-refractivity contribution is -0.0543. The van der Waals surface area contributed by atoms with Gasteiger partial charge in [-0.1, -0.05) is 18.7 Å². The highest BCUT2D eigenvalue weighted by Crippen LogP contribution is 2.48. The first-order valence-electron chi connectivity index (χ1n) is 10.2. The fourth-order valence-electron chi connectivity index (χ4n) is 4.05. The van der Waals surface area contributed by atoms with Crippen LogP contribution in [-0.2, 0) is 10.3 Å². The molecule has 0 unspecified atom stereocenters. The van der Waals surface area contributed by atoms with Crippen LogP contribution in [0.3, 0.4) is 0 Å². The summed E-state index contributed by atoms with van der Waals surface area (Å²) >= 11 is 1.44. The van der Waals surface area contributed by atoms with Crippen molar-refractivity contribution in [1.82, 2.24) is 9.97 Å². The molecule has 0 bridgehead atoms. The Bertz CT molecular complexity index is 1020. The summed E-state index contributed by atoms with van der Waals surface area (Å²) in [6.07, 6.45) is 3.54. The summed E-state index contributed by atoms with van der Waals surface area (Å²) in [5.74, 6) is -0.367. The second-order valence-electron chi connectivity index (χ2n) is 7.59. The molecular formula is C21H23F2N5O3S. The Balaban J connectivity index is 1.64. The third kappa shape index (κ3) is 4.40. The number of carbonyl (C=O) groups is 1. The number of amides is 1. The molecule has 32 heavy (non-hydrogen) atoms. The minimum Gasteiger partial charge on any atom is -0.445 e. The summed E-state index contributed by atoms with van der Waals surface area (Å²) in [5, 5.41) is 3.12. The van der Waals surface area contributed by atoms with Crippen molar-refractivity contribution in [2.24, 2.45) is 16.6 Å². The summed E-state index contributed by atoms with van der Waals surface area (Å²) in [5.41, 5.74) is 5.97. The number of halogens is 2. The number of amidine groups is 1. The van der Waals surface area contributed by atoms with Gasteiger partial charge < -0.3 is 20.5 Å². The Labute approximate surface area is 188 Å². The van der Waals surface area contributed by atoms with Gasteiger partial charge in [-0.3, -0.25) is 9.79 Å². The number of aliphatic imine (C=N–C) groups is 1. The maximum Gasteiger partial charge on any atom is 0.275 e. The highest BCUT2D eigenvalue weighted by molar-refractivity contribution is 8.13. The van der Waals surface area contributed by atoms with E-state index in [9.17, 15) is 9.18 Å². The molecule has 8 nitrogen and oxygen atoms in total. The molecule has 1 amide bonds. The lowest BCUT2D eigenvalue weighted by Gasteiger charge is -2.46. The first-order valence-corrected chi connectivity index (χ1v) is 11.2. The molecule has 1 fully saturated rings. The summed E-state index contributed by atoms with van der Waals surface area (Å²) < 4.78 is 37.8. The lowest BCUT2D eigenvalue weighted by atomic mass is 9.73. The van der Waals surface area contributed by atoms with E-state index in [4.69, 9.17) is 15.5 Å². The molecule has 3 N–H and O–H groups in total. The van der Waals surface area contributed by atoms with Crippen molar-refractivity contribution < 1.29 is 23.0 Å². The van der Waals surface area contributed by atoms with Crippen molar-refractivity contribution in [2.45, 2.75) is 31.4 Å². The Morgan fingerprint density at radius 3 is 2.97 bits per heavy atom. The number of hydrogen-bond acceptors (Lipinski definition) is 8. The highest BCUT2D eigenvalue weighted by Gasteiger charge is 2.49. The average molecular weight is 464 g/mol. The highest BCUT2D eigenvalue weighted by atomic mass is 32.2. The van der Waals surface area contributed by atoms with Crippen LogP contribution in [-0.4, -0.2) is 46.4 Å². The van der Waals surface area contributed by atoms with Crippen molar-refractivity contribution in [1.29, 1.82) is 0 Å². The second-order valence-corrected chi connectivity index (χ2v) is 8.63. The van der Waals surface area contributed by atoms with Crippen LogP contribution < -0.4 is 15.8 Å². The predicted octanol–water partition coefficient (Wildman–Crippen LogP) is 3.25. The van der Waals surface area contributed by atoms with Gasteiger partial charge in [0, 0.05) is 29.3 Å². The lowest BCUT2D eigenvalue weighted by Crippen LogP contribution is -2.49. The SMILES string of the molecule is CC[C@H]1C[C@]2(c3cc(NC(=O)c4cnc(OCF)cn4)ccc3F)N=C(N)SC[C@@H]2CO1. The molecule has 1 aromatic heterocycles. The molecule has 1 saturated heterocycles. The number of rotatable bonds is 6. The fraction of sp³-hybridized carbons (Fsp3) is 0.429. The zero-order chi connectivity index (χ0) is 22.7. The zero-order valence-corrected chi connectivity index (χ0v) is 18.2. The summed E-state index contributed by atoms with van der Waals surface area (Å²) in [4.78, 5) is 25.1. The second kappa shape index (κ2) is 9.37. The van der Waals surface area contributed by atoms with E-state index in [1.54, 1.807) is 6.07 Å². The number of alkyl halides is 1. The number of nitrogens with zero attached hydrogens (tertiary/aromatic N) is 3. The average Bonchev–Trinajstić information content (AvgIpc) is 2.80. The molecule has 4 rings (SSSR count). The fourth-order valence-corrected chi connectivity index (χ4v) is 5.02. The van der Waals surface area contributed by atoms with Gasteiger partial charge in [-0.05, 0) is 24.6 Å². The van der Waals surface area contributed by atoms with Crippen LogP contribution in [0.5, 0.6) is 5.88 Å². The van der Waals surface area contributed by atoms with Crippen LogP contribution in [0.1, 0.15) is 35.8 Å². The van der Waals surface area contributed by atoms with Crippen LogP contribution >= 0.6 is 11.8 Å². The van der Waals surface area contributed by atoms with E-state index in [2.05, 4.69) is 20.0 Å². The Kier molecular flexibility index (Phi) is 6.56.